The minimum absolute atomic E-state index is 0. The minimum atomic E-state index is 0. The topological polar surface area (TPSA) is 40.5 Å². The molecule has 0 spiro atoms. The van der Waals surface area contributed by atoms with Gasteiger partial charge >= 0.3 is 69.2 Å². The number of para-hydroxylation sites is 2. The van der Waals surface area contributed by atoms with Crippen LogP contribution in [0.3, 0.4) is 0 Å². The molecule has 0 aliphatic carbocycles. The van der Waals surface area contributed by atoms with E-state index < -0.39 is 0 Å². The summed E-state index contributed by atoms with van der Waals surface area (Å²) in [5, 5.41) is 17.3. The van der Waals surface area contributed by atoms with Crippen LogP contribution in [0.2, 0.25) is 0 Å². The molecule has 0 aliphatic heterocycles. The summed E-state index contributed by atoms with van der Waals surface area (Å²) in [5.41, 5.74) is 0. The summed E-state index contributed by atoms with van der Waals surface area (Å²) in [5.74, 6) is 0.644. The van der Waals surface area contributed by atoms with Gasteiger partial charge < -0.3 is 37.2 Å². The van der Waals surface area contributed by atoms with E-state index in [9.17, 15) is 0 Å². The van der Waals surface area contributed by atoms with Crippen LogP contribution in [0.4, 0.5) is 0 Å². The zero-order chi connectivity index (χ0) is 10.2. The molecule has 0 saturated heterocycles. The number of aromatic hydroxyl groups is 2. The molecule has 0 amide bonds. The van der Waals surface area contributed by atoms with Crippen LogP contribution in [-0.2, 0) is 27.0 Å². The first-order valence-corrected chi connectivity index (χ1v) is 4.27. The summed E-state index contributed by atoms with van der Waals surface area (Å²) >= 11 is 0. The van der Waals surface area contributed by atoms with Crippen molar-refractivity contribution < 1.29 is 10.2 Å². The molecule has 0 heterocycles. The Bertz CT molecular complexity index is 326. The van der Waals surface area contributed by atoms with Gasteiger partial charge in [0.05, 0.1) is 0 Å². The van der Waals surface area contributed by atoms with Crippen molar-refractivity contribution in [2.45, 2.75) is 0 Å². The SMILES string of the molecule is Oc1ccccc1.Oc1ccccc1.[Mg+2].[Mg+2].[Mg+2].[S-2].[S-2]. The first-order chi connectivity index (χ1) is 6.79. The molecule has 0 radical (unpaired) electrons. The van der Waals surface area contributed by atoms with E-state index in [2.05, 4.69) is 0 Å². The molecule has 7 heteroatoms. The number of benzene rings is 2. The summed E-state index contributed by atoms with van der Waals surface area (Å²) in [6.45, 7) is 0. The quantitative estimate of drug-likeness (QED) is 0.723. The number of rotatable bonds is 0. The molecule has 0 saturated carbocycles. The van der Waals surface area contributed by atoms with Gasteiger partial charge in [0.2, 0.25) is 0 Å². The predicted octanol–water partition coefficient (Wildman–Crippen LogP) is 1.64. The Labute approximate surface area is 176 Å². The van der Waals surface area contributed by atoms with Gasteiger partial charge in [-0.2, -0.15) is 0 Å². The Morgan fingerprint density at radius 3 is 0.789 bits per heavy atom. The van der Waals surface area contributed by atoms with Crippen LogP contribution in [0.25, 0.3) is 0 Å². The van der Waals surface area contributed by atoms with E-state index in [4.69, 9.17) is 10.2 Å². The van der Waals surface area contributed by atoms with Crippen molar-refractivity contribution in [1.82, 2.24) is 0 Å². The summed E-state index contributed by atoms with van der Waals surface area (Å²) in [6, 6.07) is 17.4. The van der Waals surface area contributed by atoms with Crippen molar-refractivity contribution in [3.05, 3.63) is 60.7 Å². The summed E-state index contributed by atoms with van der Waals surface area (Å²) in [6.07, 6.45) is 0. The summed E-state index contributed by atoms with van der Waals surface area (Å²) < 4.78 is 0. The zero-order valence-corrected chi connectivity index (χ0v) is 16.5. The van der Waals surface area contributed by atoms with Gasteiger partial charge in [-0.3, -0.25) is 0 Å². The molecule has 2 rings (SSSR count). The molecule has 0 aromatic heterocycles. The minimum Gasteiger partial charge on any atom is -2.00 e. The maximum absolute atomic E-state index is 8.63. The fourth-order valence-electron chi connectivity index (χ4n) is 0.856. The molecule has 88 valence electrons. The fourth-order valence-corrected chi connectivity index (χ4v) is 0.856. The van der Waals surface area contributed by atoms with Gasteiger partial charge in [0.15, 0.2) is 0 Å². The molecule has 0 aliphatic rings. The van der Waals surface area contributed by atoms with Crippen molar-refractivity contribution in [2.24, 2.45) is 0 Å². The van der Waals surface area contributed by atoms with Gasteiger partial charge in [-0.1, -0.05) is 36.4 Å². The van der Waals surface area contributed by atoms with E-state index >= 15 is 0 Å². The molecular formula is C12H12Mg3O2S2+2. The Morgan fingerprint density at radius 1 is 0.474 bits per heavy atom. The van der Waals surface area contributed by atoms with Crippen LogP contribution < -0.4 is 0 Å². The fraction of sp³-hybridized carbons (Fsp3) is 0. The third kappa shape index (κ3) is 19.0. The van der Waals surface area contributed by atoms with E-state index in [-0.39, 0.29) is 96.1 Å². The maximum atomic E-state index is 8.63. The average molecular weight is 325 g/mol. The summed E-state index contributed by atoms with van der Waals surface area (Å²) in [4.78, 5) is 0. The smallest absolute Gasteiger partial charge is 2.00 e. The van der Waals surface area contributed by atoms with Gasteiger partial charge in [-0.05, 0) is 24.3 Å². The second kappa shape index (κ2) is 21.3. The third-order valence-corrected chi connectivity index (χ3v) is 1.51. The van der Waals surface area contributed by atoms with Crippen molar-refractivity contribution in [3.63, 3.8) is 0 Å². The van der Waals surface area contributed by atoms with Crippen molar-refractivity contribution in [1.29, 1.82) is 0 Å². The molecule has 2 nitrogen and oxygen atoms in total. The second-order valence-corrected chi connectivity index (χ2v) is 2.67. The van der Waals surface area contributed by atoms with Crippen LogP contribution in [0.15, 0.2) is 60.7 Å². The van der Waals surface area contributed by atoms with E-state index in [0.717, 1.165) is 0 Å². The monoisotopic (exact) mass is 324 g/mol. The van der Waals surface area contributed by atoms with E-state index in [0.29, 0.717) is 11.5 Å². The zero-order valence-electron chi connectivity index (χ0n) is 10.6. The average Bonchev–Trinajstić information content (AvgIpc) is 2.21. The van der Waals surface area contributed by atoms with Crippen LogP contribution in [0, 0.1) is 0 Å². The normalized spacial score (nSPS) is 6.32. The molecule has 2 aromatic carbocycles. The van der Waals surface area contributed by atoms with Gasteiger partial charge in [0.25, 0.3) is 0 Å². The van der Waals surface area contributed by atoms with Gasteiger partial charge in [-0.15, -0.1) is 0 Å². The molecule has 2 N–H and O–H groups in total. The molecular weight excluding hydrogens is 313 g/mol. The first-order valence-electron chi connectivity index (χ1n) is 4.27. The van der Waals surface area contributed by atoms with E-state index in [1.807, 2.05) is 12.1 Å². The number of phenols is 2. The Balaban J connectivity index is -0.0000000544. The number of hydrogen-bond donors (Lipinski definition) is 2. The van der Waals surface area contributed by atoms with Crippen LogP contribution in [0.5, 0.6) is 11.5 Å². The van der Waals surface area contributed by atoms with Gasteiger partial charge in [-0.25, -0.2) is 0 Å². The molecule has 0 unspecified atom stereocenters. The number of hydrogen-bond acceptors (Lipinski definition) is 2. The van der Waals surface area contributed by atoms with Gasteiger partial charge in [0.1, 0.15) is 11.5 Å². The second-order valence-electron chi connectivity index (χ2n) is 2.67. The van der Waals surface area contributed by atoms with Gasteiger partial charge in [0, 0.05) is 0 Å². The number of phenolic OH excluding ortho intramolecular Hbond substituents is 2. The molecule has 2 aromatic rings. The predicted molar refractivity (Wildman–Crippen MR) is 88.2 cm³/mol. The van der Waals surface area contributed by atoms with E-state index in [1.54, 1.807) is 48.5 Å². The van der Waals surface area contributed by atoms with Crippen LogP contribution in [0.1, 0.15) is 0 Å². The Hall–Kier alpha value is 1.04. The van der Waals surface area contributed by atoms with Crippen molar-refractivity contribution in [2.75, 3.05) is 0 Å². The standard InChI is InChI=1S/2C6H6O.3Mg.2S/c2*7-6-4-2-1-3-5-6;;;;;/h2*1-5,7H;;;;;/q;;3*+2;2*-2. The molecule has 19 heavy (non-hydrogen) atoms. The van der Waals surface area contributed by atoms with Crippen molar-refractivity contribution >= 4 is 96.1 Å². The first kappa shape index (κ1) is 32.1. The Morgan fingerprint density at radius 2 is 0.684 bits per heavy atom. The maximum Gasteiger partial charge on any atom is 2.00 e. The van der Waals surface area contributed by atoms with Crippen molar-refractivity contribution in [3.8, 4) is 11.5 Å². The van der Waals surface area contributed by atoms with Crippen LogP contribution in [-0.4, -0.2) is 79.4 Å². The molecule has 0 fully saturated rings. The van der Waals surface area contributed by atoms with Crippen LogP contribution >= 0.6 is 0 Å². The summed E-state index contributed by atoms with van der Waals surface area (Å²) in [7, 11) is 0. The van der Waals surface area contributed by atoms with E-state index in [1.165, 1.54) is 0 Å². The Kier molecular flexibility index (Phi) is 36.1. The molecule has 0 atom stereocenters. The third-order valence-electron chi connectivity index (χ3n) is 1.51. The largest absolute Gasteiger partial charge is 2.00 e. The molecule has 0 bridgehead atoms.